The van der Waals surface area contributed by atoms with E-state index in [2.05, 4.69) is 76.2 Å². The first-order chi connectivity index (χ1) is 18.6. The molecule has 212 valence electrons. The molecule has 0 N–H and O–H groups in total. The highest BCUT2D eigenvalue weighted by molar-refractivity contribution is 5.75. The average Bonchev–Trinajstić information content (AvgIpc) is 2.91. The summed E-state index contributed by atoms with van der Waals surface area (Å²) in [6, 6.07) is 13.0. The molecule has 2 heteroatoms. The third-order valence-electron chi connectivity index (χ3n) is 7.29. The van der Waals surface area contributed by atoms with Gasteiger partial charge in [-0.1, -0.05) is 140 Å². The summed E-state index contributed by atoms with van der Waals surface area (Å²) >= 11 is 0. The van der Waals surface area contributed by atoms with E-state index in [1.54, 1.807) is 0 Å². The smallest absolute Gasteiger partial charge is 0.126 e. The summed E-state index contributed by atoms with van der Waals surface area (Å²) in [5, 5.41) is 0. The van der Waals surface area contributed by atoms with E-state index in [1.807, 2.05) is 0 Å². The van der Waals surface area contributed by atoms with Crippen molar-refractivity contribution in [2.24, 2.45) is 0 Å². The minimum absolute atomic E-state index is 0.788. The molecule has 0 aromatic heterocycles. The van der Waals surface area contributed by atoms with E-state index in [9.17, 15) is 0 Å². The van der Waals surface area contributed by atoms with Crippen LogP contribution in [0.5, 0.6) is 11.5 Å². The molecule has 0 heterocycles. The highest BCUT2D eigenvalue weighted by Gasteiger charge is 2.05. The topological polar surface area (TPSA) is 18.5 Å². The Hall–Kier alpha value is -2.22. The zero-order chi connectivity index (χ0) is 27.3. The third-order valence-corrected chi connectivity index (χ3v) is 7.29. The van der Waals surface area contributed by atoms with Crippen LogP contribution in [-0.2, 0) is 0 Å². The van der Waals surface area contributed by atoms with Gasteiger partial charge < -0.3 is 9.47 Å². The van der Waals surface area contributed by atoms with Gasteiger partial charge >= 0.3 is 0 Å². The van der Waals surface area contributed by atoms with Gasteiger partial charge in [-0.3, -0.25) is 0 Å². The Morgan fingerprint density at radius 2 is 0.816 bits per heavy atom. The Labute approximate surface area is 235 Å². The van der Waals surface area contributed by atoms with E-state index < -0.39 is 0 Å². The number of ether oxygens (including phenoxy) is 2. The zero-order valence-electron chi connectivity index (χ0n) is 25.2. The minimum atomic E-state index is 0.788. The normalized spacial score (nSPS) is 11.4. The summed E-state index contributed by atoms with van der Waals surface area (Å²) < 4.78 is 12.5. The summed E-state index contributed by atoms with van der Waals surface area (Å²) in [5.74, 6) is 1.97. The largest absolute Gasteiger partial charge is 0.493 e. The minimum Gasteiger partial charge on any atom is -0.493 e. The molecule has 0 atom stereocenters. The Kier molecular flexibility index (Phi) is 17.4. The number of hydrogen-bond acceptors (Lipinski definition) is 2. The van der Waals surface area contributed by atoms with E-state index in [0.29, 0.717) is 0 Å². The van der Waals surface area contributed by atoms with Gasteiger partial charge in [0.05, 0.1) is 13.2 Å². The van der Waals surface area contributed by atoms with Crippen molar-refractivity contribution in [2.75, 3.05) is 13.2 Å². The molecule has 0 spiro atoms. The van der Waals surface area contributed by atoms with E-state index in [0.717, 1.165) is 48.7 Å². The van der Waals surface area contributed by atoms with Crippen molar-refractivity contribution in [3.8, 4) is 11.5 Å². The van der Waals surface area contributed by atoms with Crippen molar-refractivity contribution >= 4 is 12.2 Å². The van der Waals surface area contributed by atoms with Crippen LogP contribution in [0.25, 0.3) is 12.2 Å². The SMILES string of the molecule is CCCCCCCCCCOc1cc(C)ccc1/C=C/c1ccc(C)cc1OCCCCCCCCCC. The summed E-state index contributed by atoms with van der Waals surface area (Å²) in [6.07, 6.45) is 25.4. The molecule has 0 fully saturated rings. The maximum atomic E-state index is 6.25. The van der Waals surface area contributed by atoms with Crippen LogP contribution < -0.4 is 9.47 Å². The van der Waals surface area contributed by atoms with Crippen molar-refractivity contribution in [3.63, 3.8) is 0 Å². The summed E-state index contributed by atoms with van der Waals surface area (Å²) in [7, 11) is 0. The molecule has 0 radical (unpaired) electrons. The van der Waals surface area contributed by atoms with Crippen LogP contribution in [0.15, 0.2) is 36.4 Å². The monoisotopic (exact) mass is 520 g/mol. The highest BCUT2D eigenvalue weighted by Crippen LogP contribution is 2.27. The predicted octanol–water partition coefficient (Wildman–Crippen LogP) is 11.5. The van der Waals surface area contributed by atoms with Gasteiger partial charge in [0, 0.05) is 11.1 Å². The van der Waals surface area contributed by atoms with Gasteiger partial charge in [0.2, 0.25) is 0 Å². The first-order valence-corrected chi connectivity index (χ1v) is 15.8. The van der Waals surface area contributed by atoms with Crippen molar-refractivity contribution in [2.45, 2.75) is 130 Å². The second kappa shape index (κ2) is 20.7. The van der Waals surface area contributed by atoms with Crippen LogP contribution in [0, 0.1) is 13.8 Å². The van der Waals surface area contributed by atoms with E-state index in [1.165, 1.54) is 101 Å². The van der Waals surface area contributed by atoms with Crippen LogP contribution >= 0.6 is 0 Å². The molecule has 0 amide bonds. The summed E-state index contributed by atoms with van der Waals surface area (Å²) in [5.41, 5.74) is 4.73. The van der Waals surface area contributed by atoms with Gasteiger partial charge in [-0.15, -0.1) is 0 Å². The number of benzene rings is 2. The molecule has 0 saturated carbocycles. The third kappa shape index (κ3) is 14.1. The summed E-state index contributed by atoms with van der Waals surface area (Å²) in [6.45, 7) is 10.4. The fourth-order valence-corrected chi connectivity index (χ4v) is 4.82. The highest BCUT2D eigenvalue weighted by atomic mass is 16.5. The lowest BCUT2D eigenvalue weighted by Gasteiger charge is -2.12. The van der Waals surface area contributed by atoms with Crippen molar-refractivity contribution in [3.05, 3.63) is 58.7 Å². The van der Waals surface area contributed by atoms with E-state index in [4.69, 9.17) is 9.47 Å². The maximum absolute atomic E-state index is 6.25. The first kappa shape index (κ1) is 32.0. The molecule has 0 saturated heterocycles. The standard InChI is InChI=1S/C36H56O2/c1-5-7-9-11-13-15-17-19-27-37-35-29-31(3)21-23-33(35)25-26-34-24-22-32(4)30-36(34)38-28-20-18-16-14-12-10-8-6-2/h21-26,29-30H,5-20,27-28H2,1-4H3/b26-25+. The Balaban J connectivity index is 1.84. The Bertz CT molecular complexity index is 825. The molecule has 2 rings (SSSR count). The molecule has 0 unspecified atom stereocenters. The van der Waals surface area contributed by atoms with Crippen LogP contribution in [0.1, 0.15) is 139 Å². The van der Waals surface area contributed by atoms with Crippen LogP contribution in [0.4, 0.5) is 0 Å². The molecule has 2 aromatic carbocycles. The van der Waals surface area contributed by atoms with Gasteiger partial charge in [-0.05, 0) is 49.9 Å². The average molecular weight is 521 g/mol. The molecule has 2 aromatic rings. The molecule has 0 aliphatic rings. The molecule has 0 aliphatic heterocycles. The molecular weight excluding hydrogens is 464 g/mol. The van der Waals surface area contributed by atoms with Crippen molar-refractivity contribution in [1.29, 1.82) is 0 Å². The Morgan fingerprint density at radius 1 is 0.474 bits per heavy atom. The fourth-order valence-electron chi connectivity index (χ4n) is 4.82. The lowest BCUT2D eigenvalue weighted by molar-refractivity contribution is 0.303. The zero-order valence-corrected chi connectivity index (χ0v) is 25.2. The first-order valence-electron chi connectivity index (χ1n) is 15.8. The van der Waals surface area contributed by atoms with Gasteiger partial charge in [0.25, 0.3) is 0 Å². The number of unbranched alkanes of at least 4 members (excludes halogenated alkanes) is 14. The number of rotatable bonds is 22. The number of hydrogen-bond donors (Lipinski definition) is 0. The molecular formula is C36H56O2. The van der Waals surface area contributed by atoms with Gasteiger partial charge in [-0.25, -0.2) is 0 Å². The molecule has 0 bridgehead atoms. The summed E-state index contributed by atoms with van der Waals surface area (Å²) in [4.78, 5) is 0. The van der Waals surface area contributed by atoms with E-state index >= 15 is 0 Å². The fraction of sp³-hybridized carbons (Fsp3) is 0.611. The van der Waals surface area contributed by atoms with Crippen LogP contribution in [-0.4, -0.2) is 13.2 Å². The maximum Gasteiger partial charge on any atom is 0.126 e. The number of aryl methyl sites for hydroxylation is 2. The second-order valence-corrected chi connectivity index (χ2v) is 11.1. The molecule has 0 aliphatic carbocycles. The predicted molar refractivity (Wildman–Crippen MR) is 167 cm³/mol. The van der Waals surface area contributed by atoms with Gasteiger partial charge in [-0.2, -0.15) is 0 Å². The van der Waals surface area contributed by atoms with Crippen LogP contribution in [0.3, 0.4) is 0 Å². The van der Waals surface area contributed by atoms with Crippen molar-refractivity contribution < 1.29 is 9.47 Å². The van der Waals surface area contributed by atoms with Crippen molar-refractivity contribution in [1.82, 2.24) is 0 Å². The molecule has 38 heavy (non-hydrogen) atoms. The van der Waals surface area contributed by atoms with Gasteiger partial charge in [0.1, 0.15) is 11.5 Å². The lowest BCUT2D eigenvalue weighted by Crippen LogP contribution is -2.00. The second-order valence-electron chi connectivity index (χ2n) is 11.1. The Morgan fingerprint density at radius 3 is 1.18 bits per heavy atom. The molecule has 2 nitrogen and oxygen atoms in total. The van der Waals surface area contributed by atoms with Gasteiger partial charge in [0.15, 0.2) is 0 Å². The lowest BCUT2D eigenvalue weighted by atomic mass is 10.1. The van der Waals surface area contributed by atoms with E-state index in [-0.39, 0.29) is 0 Å². The van der Waals surface area contributed by atoms with Crippen LogP contribution in [0.2, 0.25) is 0 Å². The quantitative estimate of drug-likeness (QED) is 0.113.